The van der Waals surface area contributed by atoms with Crippen LogP contribution in [0.5, 0.6) is 0 Å². The Bertz CT molecular complexity index is 272. The molecule has 4 nitrogen and oxygen atoms in total. The SMILES string of the molecule is CC(CCS(C)=O)NC(=O)C1(CN)CCC1. The highest BCUT2D eigenvalue weighted by molar-refractivity contribution is 7.84. The maximum atomic E-state index is 12.0. The summed E-state index contributed by atoms with van der Waals surface area (Å²) in [7, 11) is -0.788. The average molecular weight is 246 g/mol. The highest BCUT2D eigenvalue weighted by Crippen LogP contribution is 2.40. The van der Waals surface area contributed by atoms with Gasteiger partial charge in [-0.2, -0.15) is 0 Å². The van der Waals surface area contributed by atoms with Crippen molar-refractivity contribution in [3.8, 4) is 0 Å². The summed E-state index contributed by atoms with van der Waals surface area (Å²) in [6, 6.07) is 0.0837. The fourth-order valence-electron chi connectivity index (χ4n) is 1.92. The molecule has 0 bridgehead atoms. The molecule has 1 rings (SSSR count). The average Bonchev–Trinajstić information content (AvgIpc) is 2.13. The van der Waals surface area contributed by atoms with E-state index in [0.717, 1.165) is 25.7 Å². The molecule has 2 atom stereocenters. The minimum absolute atomic E-state index is 0.0793. The Balaban J connectivity index is 2.35. The van der Waals surface area contributed by atoms with Crippen molar-refractivity contribution in [1.29, 1.82) is 0 Å². The number of nitrogens with one attached hydrogen (secondary N) is 1. The first-order chi connectivity index (χ1) is 7.50. The van der Waals surface area contributed by atoms with Gasteiger partial charge in [-0.05, 0) is 26.2 Å². The van der Waals surface area contributed by atoms with Gasteiger partial charge in [0.05, 0.1) is 5.41 Å². The van der Waals surface area contributed by atoms with Crippen LogP contribution in [0.15, 0.2) is 0 Å². The van der Waals surface area contributed by atoms with Crippen LogP contribution in [-0.4, -0.2) is 34.7 Å². The summed E-state index contributed by atoms with van der Waals surface area (Å²) in [4.78, 5) is 12.0. The minimum atomic E-state index is -0.788. The Morgan fingerprint density at radius 1 is 1.56 bits per heavy atom. The van der Waals surface area contributed by atoms with Crippen LogP contribution < -0.4 is 11.1 Å². The quantitative estimate of drug-likeness (QED) is 0.712. The molecule has 1 aliphatic carbocycles. The van der Waals surface area contributed by atoms with E-state index in [0.29, 0.717) is 12.3 Å². The number of hydrogen-bond donors (Lipinski definition) is 2. The van der Waals surface area contributed by atoms with E-state index < -0.39 is 10.8 Å². The lowest BCUT2D eigenvalue weighted by Gasteiger charge is -2.39. The second-order valence-corrected chi connectivity index (χ2v) is 6.33. The molecule has 1 amide bonds. The third-order valence-electron chi connectivity index (χ3n) is 3.40. The summed E-state index contributed by atoms with van der Waals surface area (Å²) < 4.78 is 10.9. The Morgan fingerprint density at radius 3 is 2.56 bits per heavy atom. The molecular formula is C11H22N2O2S. The summed E-state index contributed by atoms with van der Waals surface area (Å²) in [5.74, 6) is 0.715. The van der Waals surface area contributed by atoms with E-state index in [1.165, 1.54) is 0 Å². The van der Waals surface area contributed by atoms with Gasteiger partial charge in [-0.25, -0.2) is 0 Å². The molecule has 0 aliphatic heterocycles. The van der Waals surface area contributed by atoms with Crippen molar-refractivity contribution in [1.82, 2.24) is 5.32 Å². The Labute approximate surface area is 99.8 Å². The maximum Gasteiger partial charge on any atom is 0.227 e. The monoisotopic (exact) mass is 246 g/mol. The van der Waals surface area contributed by atoms with Gasteiger partial charge in [-0.3, -0.25) is 9.00 Å². The Kier molecular flexibility index (Phi) is 4.92. The fraction of sp³-hybridized carbons (Fsp3) is 0.909. The standard InChI is InChI=1S/C11H22N2O2S/c1-9(4-7-16(2)15)13-10(14)11(8-12)5-3-6-11/h9H,3-8,12H2,1-2H3,(H,13,14). The van der Waals surface area contributed by atoms with Crippen LogP contribution in [-0.2, 0) is 15.6 Å². The predicted molar refractivity (Wildman–Crippen MR) is 66.5 cm³/mol. The van der Waals surface area contributed by atoms with Crippen LogP contribution in [0.2, 0.25) is 0 Å². The van der Waals surface area contributed by atoms with Crippen molar-refractivity contribution in [2.45, 2.75) is 38.6 Å². The molecule has 0 spiro atoms. The van der Waals surface area contributed by atoms with Gasteiger partial charge >= 0.3 is 0 Å². The number of hydrogen-bond acceptors (Lipinski definition) is 3. The third kappa shape index (κ3) is 3.28. The van der Waals surface area contributed by atoms with E-state index in [1.807, 2.05) is 6.92 Å². The topological polar surface area (TPSA) is 72.2 Å². The number of carbonyl (C=O) groups excluding carboxylic acids is 1. The van der Waals surface area contributed by atoms with Crippen LogP contribution in [0.25, 0.3) is 0 Å². The molecule has 1 aliphatic rings. The third-order valence-corrected chi connectivity index (χ3v) is 4.21. The van der Waals surface area contributed by atoms with Crippen LogP contribution in [0.1, 0.15) is 32.6 Å². The molecule has 2 unspecified atom stereocenters. The van der Waals surface area contributed by atoms with Gasteiger partial charge in [0.2, 0.25) is 5.91 Å². The second kappa shape index (κ2) is 5.77. The second-order valence-electron chi connectivity index (χ2n) is 4.78. The summed E-state index contributed by atoms with van der Waals surface area (Å²) in [5.41, 5.74) is 5.35. The summed E-state index contributed by atoms with van der Waals surface area (Å²) in [5, 5.41) is 2.98. The largest absolute Gasteiger partial charge is 0.353 e. The number of amides is 1. The zero-order valence-corrected chi connectivity index (χ0v) is 10.9. The van der Waals surface area contributed by atoms with Crippen LogP contribution in [0.3, 0.4) is 0 Å². The molecule has 0 radical (unpaired) electrons. The van der Waals surface area contributed by atoms with E-state index in [2.05, 4.69) is 5.32 Å². The summed E-state index contributed by atoms with van der Waals surface area (Å²) in [6.45, 7) is 2.39. The molecule has 0 aromatic rings. The minimum Gasteiger partial charge on any atom is -0.353 e. The molecular weight excluding hydrogens is 224 g/mol. The lowest BCUT2D eigenvalue weighted by Crippen LogP contribution is -2.52. The zero-order chi connectivity index (χ0) is 12.2. The lowest BCUT2D eigenvalue weighted by molar-refractivity contribution is -0.135. The molecule has 0 aromatic carbocycles. The van der Waals surface area contributed by atoms with E-state index in [1.54, 1.807) is 6.26 Å². The van der Waals surface area contributed by atoms with E-state index >= 15 is 0 Å². The maximum absolute atomic E-state index is 12.0. The first-order valence-electron chi connectivity index (χ1n) is 5.81. The van der Waals surface area contributed by atoms with E-state index in [9.17, 15) is 9.00 Å². The first kappa shape index (κ1) is 13.6. The van der Waals surface area contributed by atoms with Gasteiger partial charge in [0, 0.05) is 35.4 Å². The zero-order valence-electron chi connectivity index (χ0n) is 10.1. The van der Waals surface area contributed by atoms with E-state index in [4.69, 9.17) is 5.73 Å². The lowest BCUT2D eigenvalue weighted by atomic mass is 9.68. The Morgan fingerprint density at radius 2 is 2.19 bits per heavy atom. The highest BCUT2D eigenvalue weighted by atomic mass is 32.2. The molecule has 5 heteroatoms. The van der Waals surface area contributed by atoms with Gasteiger partial charge in [0.15, 0.2) is 0 Å². The van der Waals surface area contributed by atoms with Crippen molar-refractivity contribution in [3.05, 3.63) is 0 Å². The van der Waals surface area contributed by atoms with Crippen molar-refractivity contribution >= 4 is 16.7 Å². The van der Waals surface area contributed by atoms with Gasteiger partial charge in [-0.1, -0.05) is 6.42 Å². The molecule has 3 N–H and O–H groups in total. The molecule has 0 aromatic heterocycles. The molecule has 1 fully saturated rings. The van der Waals surface area contributed by atoms with Crippen LogP contribution in [0, 0.1) is 5.41 Å². The summed E-state index contributed by atoms with van der Waals surface area (Å²) in [6.07, 6.45) is 5.35. The Hall–Kier alpha value is -0.420. The molecule has 0 saturated heterocycles. The van der Waals surface area contributed by atoms with Crippen LogP contribution >= 0.6 is 0 Å². The van der Waals surface area contributed by atoms with Gasteiger partial charge in [0.25, 0.3) is 0 Å². The summed E-state index contributed by atoms with van der Waals surface area (Å²) >= 11 is 0. The smallest absolute Gasteiger partial charge is 0.227 e. The first-order valence-corrected chi connectivity index (χ1v) is 7.54. The van der Waals surface area contributed by atoms with Gasteiger partial charge in [-0.15, -0.1) is 0 Å². The van der Waals surface area contributed by atoms with Crippen molar-refractivity contribution < 1.29 is 9.00 Å². The highest BCUT2D eigenvalue weighted by Gasteiger charge is 2.42. The van der Waals surface area contributed by atoms with Crippen LogP contribution in [0.4, 0.5) is 0 Å². The molecule has 0 heterocycles. The number of nitrogens with two attached hydrogens (primary N) is 1. The number of carbonyl (C=O) groups is 1. The predicted octanol–water partition coefficient (Wildman–Crippen LogP) is 0.389. The van der Waals surface area contributed by atoms with Gasteiger partial charge < -0.3 is 11.1 Å². The molecule has 1 saturated carbocycles. The number of rotatable bonds is 6. The van der Waals surface area contributed by atoms with E-state index in [-0.39, 0.29) is 17.4 Å². The van der Waals surface area contributed by atoms with Crippen molar-refractivity contribution in [3.63, 3.8) is 0 Å². The molecule has 94 valence electrons. The normalized spacial score (nSPS) is 21.9. The van der Waals surface area contributed by atoms with Crippen molar-refractivity contribution in [2.24, 2.45) is 11.1 Å². The molecule has 16 heavy (non-hydrogen) atoms. The fourth-order valence-corrected chi connectivity index (χ4v) is 2.60. The van der Waals surface area contributed by atoms with Crippen molar-refractivity contribution in [2.75, 3.05) is 18.6 Å². The van der Waals surface area contributed by atoms with Gasteiger partial charge in [0.1, 0.15) is 0 Å².